The fourth-order valence-corrected chi connectivity index (χ4v) is 3.14. The lowest BCUT2D eigenvalue weighted by molar-refractivity contribution is 0.0953. The van der Waals surface area contributed by atoms with Crippen molar-refractivity contribution in [3.8, 4) is 11.3 Å². The topological polar surface area (TPSA) is 103 Å². The highest BCUT2D eigenvalue weighted by atomic mass is 16.5. The molecule has 4 rings (SSSR count). The minimum absolute atomic E-state index is 0.226. The van der Waals surface area contributed by atoms with Crippen LogP contribution in [-0.4, -0.2) is 32.4 Å². The van der Waals surface area contributed by atoms with Gasteiger partial charge in [0, 0.05) is 23.9 Å². The Labute approximate surface area is 166 Å². The zero-order chi connectivity index (χ0) is 20.4. The molecular formula is C21H19N5O3. The number of aryl methyl sites for hydroxylation is 2. The molecule has 146 valence electrons. The normalized spacial score (nSPS) is 11.0. The molecule has 4 aromatic rings. The number of fused-ring (bicyclic) bond motifs is 1. The quantitative estimate of drug-likeness (QED) is 0.563. The summed E-state index contributed by atoms with van der Waals surface area (Å²) in [6.07, 6.45) is 0. The van der Waals surface area contributed by atoms with E-state index in [2.05, 4.69) is 20.6 Å². The van der Waals surface area contributed by atoms with E-state index in [-0.39, 0.29) is 24.6 Å². The predicted octanol–water partition coefficient (Wildman–Crippen LogP) is 2.49. The van der Waals surface area contributed by atoms with E-state index in [1.54, 1.807) is 26.0 Å². The number of amides is 1. The average molecular weight is 389 g/mol. The monoisotopic (exact) mass is 389 g/mol. The van der Waals surface area contributed by atoms with Crippen LogP contribution in [0, 0.1) is 13.8 Å². The molecule has 0 spiro atoms. The highest BCUT2D eigenvalue weighted by Gasteiger charge is 2.17. The van der Waals surface area contributed by atoms with Crippen LogP contribution in [0.1, 0.15) is 21.7 Å². The molecule has 0 saturated heterocycles. The Bertz CT molecular complexity index is 1240. The van der Waals surface area contributed by atoms with Gasteiger partial charge in [-0.15, -0.1) is 0 Å². The second kappa shape index (κ2) is 7.67. The maximum absolute atomic E-state index is 12.7. The van der Waals surface area contributed by atoms with Crippen molar-refractivity contribution in [3.05, 3.63) is 75.8 Å². The lowest BCUT2D eigenvalue weighted by atomic mass is 10.1. The number of pyridine rings is 1. The number of nitrogens with one attached hydrogen (secondary N) is 1. The van der Waals surface area contributed by atoms with Gasteiger partial charge in [0.05, 0.1) is 28.9 Å². The molecule has 1 aromatic carbocycles. The first-order valence-electron chi connectivity index (χ1n) is 9.18. The summed E-state index contributed by atoms with van der Waals surface area (Å²) in [5, 5.41) is 11.7. The number of benzene rings is 1. The average Bonchev–Trinajstić information content (AvgIpc) is 3.09. The van der Waals surface area contributed by atoms with E-state index < -0.39 is 0 Å². The van der Waals surface area contributed by atoms with Gasteiger partial charge in [-0.1, -0.05) is 35.5 Å². The zero-order valence-electron chi connectivity index (χ0n) is 16.0. The van der Waals surface area contributed by atoms with Crippen molar-refractivity contribution in [1.82, 2.24) is 25.2 Å². The van der Waals surface area contributed by atoms with E-state index in [0.717, 1.165) is 5.56 Å². The molecule has 0 saturated carbocycles. The van der Waals surface area contributed by atoms with Crippen molar-refractivity contribution in [2.75, 3.05) is 6.54 Å². The van der Waals surface area contributed by atoms with Crippen LogP contribution < -0.4 is 10.9 Å². The first kappa shape index (κ1) is 18.5. The molecule has 8 nitrogen and oxygen atoms in total. The third-order valence-electron chi connectivity index (χ3n) is 4.54. The molecule has 29 heavy (non-hydrogen) atoms. The van der Waals surface area contributed by atoms with Crippen LogP contribution in [0.5, 0.6) is 0 Å². The number of aromatic nitrogens is 4. The molecule has 1 N–H and O–H groups in total. The maximum atomic E-state index is 12.7. The van der Waals surface area contributed by atoms with Crippen LogP contribution in [0.3, 0.4) is 0 Å². The molecule has 0 aliphatic rings. The first-order valence-corrected chi connectivity index (χ1v) is 9.18. The summed E-state index contributed by atoms with van der Waals surface area (Å²) in [5.41, 5.74) is 3.44. The number of hydrogen-bond acceptors (Lipinski definition) is 6. The summed E-state index contributed by atoms with van der Waals surface area (Å²) in [7, 11) is 0. The van der Waals surface area contributed by atoms with Crippen LogP contribution in [0.4, 0.5) is 0 Å². The van der Waals surface area contributed by atoms with Crippen molar-refractivity contribution in [2.45, 2.75) is 20.4 Å². The lowest BCUT2D eigenvalue weighted by Gasteiger charge is -2.09. The number of carbonyl (C=O) groups excluding carboxylic acids is 1. The van der Waals surface area contributed by atoms with Gasteiger partial charge < -0.3 is 9.84 Å². The summed E-state index contributed by atoms with van der Waals surface area (Å²) < 4.78 is 6.52. The molecular weight excluding hydrogens is 370 g/mol. The Morgan fingerprint density at radius 2 is 1.93 bits per heavy atom. The van der Waals surface area contributed by atoms with Crippen molar-refractivity contribution < 1.29 is 9.32 Å². The molecule has 3 aromatic heterocycles. The molecule has 0 radical (unpaired) electrons. The number of carbonyl (C=O) groups is 1. The third kappa shape index (κ3) is 3.77. The van der Waals surface area contributed by atoms with Crippen molar-refractivity contribution in [1.29, 1.82) is 0 Å². The predicted molar refractivity (Wildman–Crippen MR) is 108 cm³/mol. The zero-order valence-corrected chi connectivity index (χ0v) is 16.0. The highest BCUT2D eigenvalue weighted by molar-refractivity contribution is 6.06. The fourth-order valence-electron chi connectivity index (χ4n) is 3.14. The van der Waals surface area contributed by atoms with Gasteiger partial charge in [0.2, 0.25) is 0 Å². The summed E-state index contributed by atoms with van der Waals surface area (Å²) in [5.74, 6) is -0.279. The van der Waals surface area contributed by atoms with Crippen LogP contribution >= 0.6 is 0 Å². The summed E-state index contributed by atoms with van der Waals surface area (Å²) in [4.78, 5) is 29.1. The Hall–Kier alpha value is -3.81. The van der Waals surface area contributed by atoms with Crippen molar-refractivity contribution in [2.24, 2.45) is 0 Å². The van der Waals surface area contributed by atoms with Gasteiger partial charge in [0.25, 0.3) is 17.2 Å². The SMILES string of the molecule is Cc1cc(C(=O)NCCn2nc(-c3ccccc3)ccc2=O)c2c(C)noc2n1. The highest BCUT2D eigenvalue weighted by Crippen LogP contribution is 2.21. The Morgan fingerprint density at radius 1 is 1.14 bits per heavy atom. The van der Waals surface area contributed by atoms with E-state index >= 15 is 0 Å². The molecule has 0 aliphatic heterocycles. The van der Waals surface area contributed by atoms with Crippen LogP contribution in [0.15, 0.2) is 57.8 Å². The van der Waals surface area contributed by atoms with Gasteiger partial charge in [0.1, 0.15) is 0 Å². The molecule has 0 atom stereocenters. The van der Waals surface area contributed by atoms with E-state index in [4.69, 9.17) is 4.52 Å². The van der Waals surface area contributed by atoms with Crippen LogP contribution in [0.25, 0.3) is 22.4 Å². The van der Waals surface area contributed by atoms with Crippen molar-refractivity contribution >= 4 is 17.0 Å². The van der Waals surface area contributed by atoms with Gasteiger partial charge >= 0.3 is 0 Å². The molecule has 0 bridgehead atoms. The Kier molecular flexibility index (Phi) is 4.90. The Balaban J connectivity index is 1.51. The first-order chi connectivity index (χ1) is 14.0. The molecule has 0 unspecified atom stereocenters. The van der Waals surface area contributed by atoms with E-state index in [1.807, 2.05) is 30.3 Å². The number of rotatable bonds is 5. The lowest BCUT2D eigenvalue weighted by Crippen LogP contribution is -2.32. The number of nitrogens with zero attached hydrogens (tertiary/aromatic N) is 4. The summed E-state index contributed by atoms with van der Waals surface area (Å²) in [6, 6.07) is 14.5. The van der Waals surface area contributed by atoms with Gasteiger partial charge in [-0.25, -0.2) is 9.67 Å². The van der Waals surface area contributed by atoms with Gasteiger partial charge in [-0.05, 0) is 26.0 Å². The summed E-state index contributed by atoms with van der Waals surface area (Å²) >= 11 is 0. The fraction of sp³-hybridized carbons (Fsp3) is 0.190. The smallest absolute Gasteiger partial charge is 0.266 e. The van der Waals surface area contributed by atoms with Crippen LogP contribution in [0.2, 0.25) is 0 Å². The standard InChI is InChI=1S/C21H19N5O3/c1-13-12-16(19-14(2)25-29-21(19)23-13)20(28)22-10-11-26-18(27)9-8-17(24-26)15-6-4-3-5-7-15/h3-9,12H,10-11H2,1-2H3,(H,22,28). The number of hydrogen-bond donors (Lipinski definition) is 1. The van der Waals surface area contributed by atoms with Gasteiger partial charge in [-0.2, -0.15) is 5.10 Å². The minimum Gasteiger partial charge on any atom is -0.350 e. The third-order valence-corrected chi connectivity index (χ3v) is 4.54. The minimum atomic E-state index is -0.279. The van der Waals surface area contributed by atoms with E-state index in [9.17, 15) is 9.59 Å². The van der Waals surface area contributed by atoms with Crippen molar-refractivity contribution in [3.63, 3.8) is 0 Å². The molecule has 8 heteroatoms. The molecule has 0 aliphatic carbocycles. The van der Waals surface area contributed by atoms with E-state index in [1.165, 1.54) is 10.7 Å². The maximum Gasteiger partial charge on any atom is 0.266 e. The Morgan fingerprint density at radius 3 is 2.72 bits per heavy atom. The van der Waals surface area contributed by atoms with Gasteiger partial charge in [-0.3, -0.25) is 9.59 Å². The van der Waals surface area contributed by atoms with E-state index in [0.29, 0.717) is 33.7 Å². The van der Waals surface area contributed by atoms with Gasteiger partial charge in [0.15, 0.2) is 0 Å². The second-order valence-corrected chi connectivity index (χ2v) is 6.66. The second-order valence-electron chi connectivity index (χ2n) is 6.66. The van der Waals surface area contributed by atoms with Crippen LogP contribution in [-0.2, 0) is 6.54 Å². The summed E-state index contributed by atoms with van der Waals surface area (Å²) in [6.45, 7) is 4.04. The molecule has 3 heterocycles. The molecule has 1 amide bonds. The largest absolute Gasteiger partial charge is 0.350 e. The molecule has 0 fully saturated rings.